The summed E-state index contributed by atoms with van der Waals surface area (Å²) in [6.45, 7) is 4.78. The van der Waals surface area contributed by atoms with E-state index in [2.05, 4.69) is 23.8 Å². The second-order valence-electron chi connectivity index (χ2n) is 4.90. The summed E-state index contributed by atoms with van der Waals surface area (Å²) in [6.07, 6.45) is 3.58. The van der Waals surface area contributed by atoms with E-state index < -0.39 is 5.69 Å². The van der Waals surface area contributed by atoms with Gasteiger partial charge in [0, 0.05) is 17.6 Å². The van der Waals surface area contributed by atoms with E-state index in [1.54, 1.807) is 11.3 Å². The number of nitrogens with one attached hydrogen (secondary N) is 1. The number of H-pyrrole nitrogens is 1. The lowest BCUT2D eigenvalue weighted by atomic mass is 10.1. The monoisotopic (exact) mass is 279 g/mol. The first kappa shape index (κ1) is 13.7. The molecule has 0 fully saturated rings. The highest BCUT2D eigenvalue weighted by Crippen LogP contribution is 2.14. The van der Waals surface area contributed by atoms with Crippen molar-refractivity contribution < 1.29 is 0 Å². The van der Waals surface area contributed by atoms with Gasteiger partial charge in [-0.2, -0.15) is 0 Å². The van der Waals surface area contributed by atoms with Gasteiger partial charge in [0.05, 0.1) is 12.2 Å². The van der Waals surface area contributed by atoms with Crippen LogP contribution in [0.3, 0.4) is 0 Å². The summed E-state index contributed by atoms with van der Waals surface area (Å²) in [5.41, 5.74) is 0.301. The Hall–Kier alpha value is -1.69. The van der Waals surface area contributed by atoms with Crippen molar-refractivity contribution in [1.82, 2.24) is 14.5 Å². The first-order chi connectivity index (χ1) is 9.04. The van der Waals surface area contributed by atoms with Gasteiger partial charge in [0.1, 0.15) is 5.01 Å². The standard InChI is InChI=1S/C13H17N3O2S/c1-9(2)3-4-10-8-19-12(14-10)7-16-6-5-11(17)15-13(16)18/h5-6,8-9H,3-4,7H2,1-2H3,(H,15,17,18). The largest absolute Gasteiger partial charge is 0.328 e. The summed E-state index contributed by atoms with van der Waals surface area (Å²) in [7, 11) is 0. The maximum Gasteiger partial charge on any atom is 0.328 e. The lowest BCUT2D eigenvalue weighted by Crippen LogP contribution is -2.28. The van der Waals surface area contributed by atoms with Gasteiger partial charge in [0.15, 0.2) is 0 Å². The van der Waals surface area contributed by atoms with Crippen LogP contribution < -0.4 is 11.2 Å². The lowest BCUT2D eigenvalue weighted by molar-refractivity contribution is 0.581. The first-order valence-electron chi connectivity index (χ1n) is 6.27. The number of hydrogen-bond acceptors (Lipinski definition) is 4. The number of aromatic nitrogens is 3. The molecule has 2 aromatic heterocycles. The van der Waals surface area contributed by atoms with Gasteiger partial charge in [-0.3, -0.25) is 14.3 Å². The van der Waals surface area contributed by atoms with Crippen LogP contribution in [0, 0.1) is 5.92 Å². The molecule has 6 heteroatoms. The summed E-state index contributed by atoms with van der Waals surface area (Å²) in [6, 6.07) is 1.34. The van der Waals surface area contributed by atoms with Gasteiger partial charge in [-0.05, 0) is 18.8 Å². The molecule has 0 atom stereocenters. The molecule has 0 saturated carbocycles. The summed E-state index contributed by atoms with van der Waals surface area (Å²) < 4.78 is 1.45. The van der Waals surface area contributed by atoms with Gasteiger partial charge in [-0.1, -0.05) is 13.8 Å². The Morgan fingerprint density at radius 2 is 2.21 bits per heavy atom. The zero-order chi connectivity index (χ0) is 13.8. The van der Waals surface area contributed by atoms with E-state index >= 15 is 0 Å². The number of thiazole rings is 1. The molecule has 102 valence electrons. The Morgan fingerprint density at radius 1 is 1.42 bits per heavy atom. The van der Waals surface area contributed by atoms with Gasteiger partial charge in [0.25, 0.3) is 5.56 Å². The van der Waals surface area contributed by atoms with Crippen molar-refractivity contribution in [2.75, 3.05) is 0 Å². The van der Waals surface area contributed by atoms with Crippen molar-refractivity contribution in [3.8, 4) is 0 Å². The van der Waals surface area contributed by atoms with Crippen LogP contribution >= 0.6 is 11.3 Å². The fourth-order valence-electron chi connectivity index (χ4n) is 1.69. The Morgan fingerprint density at radius 3 is 2.89 bits per heavy atom. The maximum absolute atomic E-state index is 11.6. The minimum Gasteiger partial charge on any atom is -0.294 e. The normalized spacial score (nSPS) is 11.1. The zero-order valence-electron chi connectivity index (χ0n) is 11.0. The van der Waals surface area contributed by atoms with E-state index in [0.29, 0.717) is 12.5 Å². The van der Waals surface area contributed by atoms with Crippen LogP contribution in [0.15, 0.2) is 27.2 Å². The van der Waals surface area contributed by atoms with Crippen molar-refractivity contribution in [3.05, 3.63) is 49.2 Å². The molecule has 0 radical (unpaired) electrons. The van der Waals surface area contributed by atoms with Gasteiger partial charge in [0.2, 0.25) is 0 Å². The molecule has 0 aromatic carbocycles. The highest BCUT2D eigenvalue weighted by molar-refractivity contribution is 7.09. The number of rotatable bonds is 5. The predicted molar refractivity (Wildman–Crippen MR) is 75.7 cm³/mol. The van der Waals surface area contributed by atoms with E-state index in [1.165, 1.54) is 16.8 Å². The van der Waals surface area contributed by atoms with Gasteiger partial charge in [-0.15, -0.1) is 11.3 Å². The summed E-state index contributed by atoms with van der Waals surface area (Å²) in [5.74, 6) is 0.659. The summed E-state index contributed by atoms with van der Waals surface area (Å²) >= 11 is 1.55. The van der Waals surface area contributed by atoms with Crippen molar-refractivity contribution in [2.24, 2.45) is 5.92 Å². The van der Waals surface area contributed by atoms with Crippen LogP contribution in [0.4, 0.5) is 0 Å². The third-order valence-electron chi connectivity index (χ3n) is 2.78. The topological polar surface area (TPSA) is 67.8 Å². The van der Waals surface area contributed by atoms with Crippen LogP contribution in [-0.4, -0.2) is 14.5 Å². The third-order valence-corrected chi connectivity index (χ3v) is 3.66. The number of hydrogen-bond donors (Lipinski definition) is 1. The molecule has 0 aliphatic carbocycles. The molecule has 0 saturated heterocycles. The molecule has 2 rings (SSSR count). The molecule has 5 nitrogen and oxygen atoms in total. The molecule has 0 spiro atoms. The average molecular weight is 279 g/mol. The van der Waals surface area contributed by atoms with Crippen molar-refractivity contribution in [3.63, 3.8) is 0 Å². The third kappa shape index (κ3) is 3.89. The minimum atomic E-state index is -0.397. The number of nitrogens with zero attached hydrogens (tertiary/aromatic N) is 2. The smallest absolute Gasteiger partial charge is 0.294 e. The summed E-state index contributed by atoms with van der Waals surface area (Å²) in [5, 5.41) is 2.92. The highest BCUT2D eigenvalue weighted by Gasteiger charge is 2.05. The second kappa shape index (κ2) is 5.97. The molecule has 2 aromatic rings. The Labute approximate surface area is 115 Å². The molecular formula is C13H17N3O2S. The minimum absolute atomic E-state index is 0.377. The van der Waals surface area contributed by atoms with Crippen LogP contribution in [0.5, 0.6) is 0 Å². The summed E-state index contributed by atoms with van der Waals surface area (Å²) in [4.78, 5) is 29.3. The van der Waals surface area contributed by atoms with Crippen LogP contribution in [0.2, 0.25) is 0 Å². The van der Waals surface area contributed by atoms with Crippen molar-refractivity contribution in [1.29, 1.82) is 0 Å². The molecule has 0 aliphatic rings. The Kier molecular flexibility index (Phi) is 4.31. The zero-order valence-corrected chi connectivity index (χ0v) is 11.9. The van der Waals surface area contributed by atoms with Crippen LogP contribution in [0.25, 0.3) is 0 Å². The quantitative estimate of drug-likeness (QED) is 0.904. The van der Waals surface area contributed by atoms with E-state index in [0.717, 1.165) is 23.5 Å². The molecule has 19 heavy (non-hydrogen) atoms. The van der Waals surface area contributed by atoms with E-state index in [1.807, 2.05) is 5.38 Å². The number of aromatic amines is 1. The molecule has 1 N–H and O–H groups in total. The Bertz CT molecular complexity index is 654. The first-order valence-corrected chi connectivity index (χ1v) is 7.15. The highest BCUT2D eigenvalue weighted by atomic mass is 32.1. The van der Waals surface area contributed by atoms with Gasteiger partial charge < -0.3 is 0 Å². The molecule has 0 amide bonds. The molecule has 2 heterocycles. The average Bonchev–Trinajstić information content (AvgIpc) is 2.78. The van der Waals surface area contributed by atoms with E-state index in [4.69, 9.17) is 0 Å². The maximum atomic E-state index is 11.6. The van der Waals surface area contributed by atoms with Crippen molar-refractivity contribution in [2.45, 2.75) is 33.2 Å². The van der Waals surface area contributed by atoms with Crippen LogP contribution in [-0.2, 0) is 13.0 Å². The lowest BCUT2D eigenvalue weighted by Gasteiger charge is -2.02. The van der Waals surface area contributed by atoms with Crippen molar-refractivity contribution >= 4 is 11.3 Å². The van der Waals surface area contributed by atoms with Gasteiger partial charge in [-0.25, -0.2) is 9.78 Å². The Balaban J connectivity index is 2.07. The molecule has 0 bridgehead atoms. The number of aryl methyl sites for hydroxylation is 1. The van der Waals surface area contributed by atoms with Crippen LogP contribution in [0.1, 0.15) is 31.0 Å². The van der Waals surface area contributed by atoms with E-state index in [-0.39, 0.29) is 5.56 Å². The predicted octanol–water partition coefficient (Wildman–Crippen LogP) is 1.63. The fraction of sp³-hybridized carbons (Fsp3) is 0.462. The molecule has 0 unspecified atom stereocenters. The second-order valence-corrected chi connectivity index (χ2v) is 5.85. The fourth-order valence-corrected chi connectivity index (χ4v) is 2.51. The SMILES string of the molecule is CC(C)CCc1csc(Cn2ccc(=O)[nH]c2=O)n1. The van der Waals surface area contributed by atoms with E-state index in [9.17, 15) is 9.59 Å². The molecule has 0 aliphatic heterocycles. The van der Waals surface area contributed by atoms with Gasteiger partial charge >= 0.3 is 5.69 Å². The molecular weight excluding hydrogens is 262 g/mol.